The number of fused-ring (bicyclic) bond motifs is 1. The number of ether oxygens (including phenoxy) is 1. The van der Waals surface area contributed by atoms with Gasteiger partial charge in [-0.2, -0.15) is 0 Å². The van der Waals surface area contributed by atoms with Gasteiger partial charge in [-0.3, -0.25) is 9.80 Å². The molecule has 2 saturated heterocycles. The lowest BCUT2D eigenvalue weighted by atomic mass is 10.0. The number of hydrogen-bond donors (Lipinski definition) is 0. The second-order valence-corrected chi connectivity index (χ2v) is 8.43. The summed E-state index contributed by atoms with van der Waals surface area (Å²) in [6, 6.07) is 18.4. The Balaban J connectivity index is 1.16. The number of hydrogen-bond acceptors (Lipinski definition) is 4. The molecular formula is C24H31N3O. The first kappa shape index (κ1) is 18.0. The van der Waals surface area contributed by atoms with Gasteiger partial charge < -0.3 is 9.64 Å². The van der Waals surface area contributed by atoms with Crippen molar-refractivity contribution in [1.82, 2.24) is 9.80 Å². The Bertz CT molecular complexity index is 786. The van der Waals surface area contributed by atoms with Crippen LogP contribution in [0.15, 0.2) is 48.5 Å². The summed E-state index contributed by atoms with van der Waals surface area (Å²) >= 11 is 0. The average Bonchev–Trinajstić information content (AvgIpc) is 3.23. The number of para-hydroxylation sites is 1. The summed E-state index contributed by atoms with van der Waals surface area (Å²) in [4.78, 5) is 7.93. The topological polar surface area (TPSA) is 19.0 Å². The van der Waals surface area contributed by atoms with Crippen molar-refractivity contribution in [3.8, 4) is 5.75 Å². The van der Waals surface area contributed by atoms with E-state index in [1.54, 1.807) is 0 Å². The summed E-state index contributed by atoms with van der Waals surface area (Å²) in [7, 11) is 0. The number of likely N-dealkylation sites (tertiary alicyclic amines) is 1. The van der Waals surface area contributed by atoms with Crippen molar-refractivity contribution in [3.63, 3.8) is 0 Å². The molecule has 0 N–H and O–H groups in total. The van der Waals surface area contributed by atoms with Gasteiger partial charge in [-0.05, 0) is 48.7 Å². The number of piperidine rings is 1. The Morgan fingerprint density at radius 3 is 2.64 bits per heavy atom. The summed E-state index contributed by atoms with van der Waals surface area (Å²) in [5.74, 6) is 1.09. The highest BCUT2D eigenvalue weighted by atomic mass is 16.5. The molecule has 2 aromatic carbocycles. The van der Waals surface area contributed by atoms with Crippen LogP contribution in [0, 0.1) is 0 Å². The van der Waals surface area contributed by atoms with Crippen LogP contribution in [-0.2, 0) is 13.0 Å². The van der Waals surface area contributed by atoms with Crippen LogP contribution in [0.5, 0.6) is 5.75 Å². The molecule has 0 amide bonds. The zero-order valence-electron chi connectivity index (χ0n) is 16.7. The van der Waals surface area contributed by atoms with Gasteiger partial charge >= 0.3 is 0 Å². The smallest absolute Gasteiger partial charge is 0.122 e. The lowest BCUT2D eigenvalue weighted by Gasteiger charge is -2.44. The van der Waals surface area contributed by atoms with Crippen molar-refractivity contribution in [2.24, 2.45) is 0 Å². The van der Waals surface area contributed by atoms with Crippen LogP contribution in [0.1, 0.15) is 24.0 Å². The second-order valence-electron chi connectivity index (χ2n) is 8.43. The molecule has 3 aliphatic rings. The molecule has 0 radical (unpaired) electrons. The van der Waals surface area contributed by atoms with Crippen molar-refractivity contribution in [1.29, 1.82) is 0 Å². The minimum absolute atomic E-state index is 0.712. The van der Waals surface area contributed by atoms with E-state index in [-0.39, 0.29) is 0 Å². The highest BCUT2D eigenvalue weighted by Crippen LogP contribution is 2.27. The molecule has 1 atom stereocenters. The highest BCUT2D eigenvalue weighted by molar-refractivity contribution is 5.46. The fourth-order valence-electron chi connectivity index (χ4n) is 5.05. The lowest BCUT2D eigenvalue weighted by molar-refractivity contribution is 0.0887. The molecule has 4 heteroatoms. The molecule has 0 spiro atoms. The van der Waals surface area contributed by atoms with Gasteiger partial charge in [0, 0.05) is 57.4 Å². The monoisotopic (exact) mass is 377 g/mol. The molecule has 148 valence electrons. The number of nitrogens with zero attached hydrogens (tertiary/aromatic N) is 3. The van der Waals surface area contributed by atoms with E-state index >= 15 is 0 Å². The van der Waals surface area contributed by atoms with E-state index in [9.17, 15) is 0 Å². The summed E-state index contributed by atoms with van der Waals surface area (Å²) in [6.45, 7) is 9.02. The molecule has 2 aromatic rings. The number of piperazine rings is 1. The van der Waals surface area contributed by atoms with Gasteiger partial charge in [-0.15, -0.1) is 0 Å². The summed E-state index contributed by atoms with van der Waals surface area (Å²) in [5, 5.41) is 0. The third-order valence-electron chi connectivity index (χ3n) is 6.59. The van der Waals surface area contributed by atoms with E-state index in [4.69, 9.17) is 4.74 Å². The molecule has 0 unspecified atom stereocenters. The highest BCUT2D eigenvalue weighted by Gasteiger charge is 2.28. The number of benzene rings is 2. The molecule has 4 nitrogen and oxygen atoms in total. The minimum Gasteiger partial charge on any atom is -0.493 e. The van der Waals surface area contributed by atoms with E-state index in [0.717, 1.165) is 38.4 Å². The molecule has 3 aliphatic heterocycles. The first-order valence-corrected chi connectivity index (χ1v) is 10.9. The van der Waals surface area contributed by atoms with Crippen LogP contribution in [0.2, 0.25) is 0 Å². The molecule has 0 bridgehead atoms. The maximum atomic E-state index is 5.66. The summed E-state index contributed by atoms with van der Waals surface area (Å²) in [5.41, 5.74) is 4.20. The average molecular weight is 378 g/mol. The molecule has 0 aromatic heterocycles. The molecule has 28 heavy (non-hydrogen) atoms. The largest absolute Gasteiger partial charge is 0.493 e. The van der Waals surface area contributed by atoms with Gasteiger partial charge in [0.15, 0.2) is 0 Å². The molecular weight excluding hydrogens is 346 g/mol. The normalized spacial score (nSPS) is 23.4. The Hall–Kier alpha value is -2.04. The predicted octanol–water partition coefficient (Wildman–Crippen LogP) is 3.41. The van der Waals surface area contributed by atoms with Crippen molar-refractivity contribution in [2.45, 2.75) is 31.8 Å². The second kappa shape index (κ2) is 8.14. The van der Waals surface area contributed by atoms with Gasteiger partial charge in [-0.25, -0.2) is 0 Å². The zero-order chi connectivity index (χ0) is 18.8. The van der Waals surface area contributed by atoms with Crippen LogP contribution in [0.3, 0.4) is 0 Å². The van der Waals surface area contributed by atoms with Crippen molar-refractivity contribution < 1.29 is 4.74 Å². The maximum absolute atomic E-state index is 5.66. The van der Waals surface area contributed by atoms with Gasteiger partial charge in [0.05, 0.1) is 6.61 Å². The van der Waals surface area contributed by atoms with Gasteiger partial charge in [0.2, 0.25) is 0 Å². The molecule has 0 aliphatic carbocycles. The maximum Gasteiger partial charge on any atom is 0.122 e. The van der Waals surface area contributed by atoms with E-state index < -0.39 is 0 Å². The van der Waals surface area contributed by atoms with Crippen LogP contribution >= 0.6 is 0 Å². The predicted molar refractivity (Wildman–Crippen MR) is 114 cm³/mol. The molecule has 0 saturated carbocycles. The van der Waals surface area contributed by atoms with E-state index in [1.807, 2.05) is 0 Å². The molecule has 3 heterocycles. The van der Waals surface area contributed by atoms with Crippen LogP contribution < -0.4 is 9.64 Å². The van der Waals surface area contributed by atoms with Gasteiger partial charge in [0.25, 0.3) is 0 Å². The van der Waals surface area contributed by atoms with Crippen LogP contribution in [0.25, 0.3) is 0 Å². The standard InChI is InChI=1S/C24H31N3O/c1-2-5-22(6-3-1)26-12-14-27(15-13-26)23-7-4-11-25(19-23)18-20-8-9-24-21(17-20)10-16-28-24/h1-3,5-6,8-9,17,23H,4,7,10-16,18-19H2/t23-/m1/s1. The molecule has 2 fully saturated rings. The SMILES string of the molecule is c1ccc(N2CCN([C@@H]3CCCN(Cc4ccc5c(c4)CCO5)C3)CC2)cc1. The van der Waals surface area contributed by atoms with Crippen molar-refractivity contribution in [3.05, 3.63) is 59.7 Å². The zero-order valence-corrected chi connectivity index (χ0v) is 16.7. The minimum atomic E-state index is 0.712. The van der Waals surface area contributed by atoms with Crippen molar-refractivity contribution >= 4 is 5.69 Å². The number of rotatable bonds is 4. The third kappa shape index (κ3) is 3.89. The van der Waals surface area contributed by atoms with E-state index in [2.05, 4.69) is 63.2 Å². The third-order valence-corrected chi connectivity index (χ3v) is 6.59. The lowest BCUT2D eigenvalue weighted by Crippen LogP contribution is -2.55. The van der Waals surface area contributed by atoms with Gasteiger partial charge in [0.1, 0.15) is 5.75 Å². The Morgan fingerprint density at radius 1 is 0.929 bits per heavy atom. The Morgan fingerprint density at radius 2 is 1.79 bits per heavy atom. The quantitative estimate of drug-likeness (QED) is 0.813. The first-order chi connectivity index (χ1) is 13.8. The fraction of sp³-hybridized carbons (Fsp3) is 0.500. The Labute approximate surface area is 168 Å². The summed E-state index contributed by atoms with van der Waals surface area (Å²) in [6.07, 6.45) is 3.73. The van der Waals surface area contributed by atoms with Crippen LogP contribution in [0.4, 0.5) is 5.69 Å². The van der Waals surface area contributed by atoms with Crippen molar-refractivity contribution in [2.75, 3.05) is 50.8 Å². The van der Waals surface area contributed by atoms with E-state index in [0.29, 0.717) is 6.04 Å². The van der Waals surface area contributed by atoms with Crippen LogP contribution in [-0.4, -0.2) is 61.7 Å². The first-order valence-electron chi connectivity index (χ1n) is 10.9. The van der Waals surface area contributed by atoms with E-state index in [1.165, 1.54) is 55.8 Å². The summed E-state index contributed by atoms with van der Waals surface area (Å²) < 4.78 is 5.66. The van der Waals surface area contributed by atoms with Gasteiger partial charge in [-0.1, -0.05) is 30.3 Å². The molecule has 5 rings (SSSR count). The Kier molecular flexibility index (Phi) is 5.24. The number of anilines is 1. The fourth-order valence-corrected chi connectivity index (χ4v) is 5.05.